The summed E-state index contributed by atoms with van der Waals surface area (Å²) in [7, 11) is 0. The van der Waals surface area contributed by atoms with E-state index in [2.05, 4.69) is 57.8 Å². The lowest BCUT2D eigenvalue weighted by Crippen LogP contribution is -2.03. The molecule has 1 unspecified atom stereocenters. The third-order valence-corrected chi connectivity index (χ3v) is 4.58. The molecule has 0 aromatic carbocycles. The van der Waals surface area contributed by atoms with E-state index in [4.69, 9.17) is 0 Å². The highest BCUT2D eigenvalue weighted by Gasteiger charge is 2.07. The Morgan fingerprint density at radius 2 is 2.07 bits per heavy atom. The van der Waals surface area contributed by atoms with Crippen molar-refractivity contribution in [2.75, 3.05) is 0 Å². The van der Waals surface area contributed by atoms with Crippen LogP contribution in [0.15, 0.2) is 15.9 Å². The first-order valence-corrected chi connectivity index (χ1v) is 7.48. The summed E-state index contributed by atoms with van der Waals surface area (Å²) in [6, 6.07) is 4.34. The zero-order valence-corrected chi connectivity index (χ0v) is 12.6. The smallest absolute Gasteiger partial charge is 0.0701 e. The van der Waals surface area contributed by atoms with E-state index in [0.29, 0.717) is 4.83 Å². The molecule has 0 nitrogen and oxygen atoms in total. The van der Waals surface area contributed by atoms with E-state index < -0.39 is 0 Å². The molecule has 0 amide bonds. The van der Waals surface area contributed by atoms with Gasteiger partial charge in [0, 0.05) is 9.70 Å². The van der Waals surface area contributed by atoms with Gasteiger partial charge in [-0.2, -0.15) is 0 Å². The first kappa shape index (κ1) is 12.7. The SMILES string of the molecule is CC(C)CC(Br)CCc1ccc(Br)s1. The van der Waals surface area contributed by atoms with E-state index >= 15 is 0 Å². The quantitative estimate of drug-likeness (QED) is 0.642. The maximum Gasteiger partial charge on any atom is 0.0701 e. The lowest BCUT2D eigenvalue weighted by atomic mass is 10.0. The fourth-order valence-corrected chi connectivity index (χ4v) is 3.89. The van der Waals surface area contributed by atoms with Gasteiger partial charge in [-0.25, -0.2) is 0 Å². The first-order valence-electron chi connectivity index (χ1n) is 4.96. The van der Waals surface area contributed by atoms with Crippen molar-refractivity contribution in [2.45, 2.75) is 37.9 Å². The maximum atomic E-state index is 3.74. The van der Waals surface area contributed by atoms with Crippen LogP contribution in [0, 0.1) is 5.92 Å². The van der Waals surface area contributed by atoms with Crippen LogP contribution in [0.4, 0.5) is 0 Å². The number of hydrogen-bond acceptors (Lipinski definition) is 1. The van der Waals surface area contributed by atoms with E-state index in [1.54, 1.807) is 0 Å². The second kappa shape index (κ2) is 6.29. The number of aryl methyl sites for hydroxylation is 1. The van der Waals surface area contributed by atoms with Gasteiger partial charge in [0.25, 0.3) is 0 Å². The molecule has 0 saturated carbocycles. The fraction of sp³-hybridized carbons (Fsp3) is 0.636. The molecule has 80 valence electrons. The van der Waals surface area contributed by atoms with Crippen LogP contribution >= 0.6 is 43.2 Å². The number of halogens is 2. The number of rotatable bonds is 5. The van der Waals surface area contributed by atoms with Gasteiger partial charge in [-0.1, -0.05) is 29.8 Å². The molecular weight excluding hydrogens is 324 g/mol. The molecule has 0 fully saturated rings. The average Bonchev–Trinajstić information content (AvgIpc) is 2.47. The summed E-state index contributed by atoms with van der Waals surface area (Å²) in [5, 5.41) is 0. The topological polar surface area (TPSA) is 0 Å². The Bertz CT molecular complexity index is 268. The minimum Gasteiger partial charge on any atom is -0.133 e. The van der Waals surface area contributed by atoms with E-state index in [-0.39, 0.29) is 0 Å². The Morgan fingerprint density at radius 3 is 2.57 bits per heavy atom. The Balaban J connectivity index is 2.26. The molecule has 0 aliphatic heterocycles. The second-order valence-corrected chi connectivity index (χ2v) is 7.81. The molecule has 0 spiro atoms. The average molecular weight is 340 g/mol. The van der Waals surface area contributed by atoms with Crippen molar-refractivity contribution < 1.29 is 0 Å². The van der Waals surface area contributed by atoms with Crippen molar-refractivity contribution >= 4 is 43.2 Å². The summed E-state index contributed by atoms with van der Waals surface area (Å²) in [4.78, 5) is 2.15. The normalized spacial score (nSPS) is 13.5. The molecule has 1 heterocycles. The van der Waals surface area contributed by atoms with E-state index in [1.807, 2.05) is 11.3 Å². The largest absolute Gasteiger partial charge is 0.133 e. The Morgan fingerprint density at radius 1 is 1.36 bits per heavy atom. The van der Waals surface area contributed by atoms with Gasteiger partial charge in [-0.15, -0.1) is 11.3 Å². The van der Waals surface area contributed by atoms with Crippen molar-refractivity contribution in [3.63, 3.8) is 0 Å². The third kappa shape index (κ3) is 4.94. The fourth-order valence-electron chi connectivity index (χ4n) is 1.41. The molecule has 0 saturated heterocycles. The Kier molecular flexibility index (Phi) is 5.72. The summed E-state index contributed by atoms with van der Waals surface area (Å²) < 4.78 is 1.24. The molecule has 1 rings (SSSR count). The van der Waals surface area contributed by atoms with Gasteiger partial charge >= 0.3 is 0 Å². The standard InChI is InChI=1S/C11H16Br2S/c1-8(2)7-9(12)3-4-10-5-6-11(13)14-10/h5-6,8-9H,3-4,7H2,1-2H3. The number of hydrogen-bond donors (Lipinski definition) is 0. The summed E-state index contributed by atoms with van der Waals surface area (Å²) in [5.74, 6) is 0.787. The zero-order chi connectivity index (χ0) is 10.6. The minimum atomic E-state index is 0.670. The highest BCUT2D eigenvalue weighted by atomic mass is 79.9. The van der Waals surface area contributed by atoms with E-state index in [9.17, 15) is 0 Å². The van der Waals surface area contributed by atoms with Crippen LogP contribution in [0.25, 0.3) is 0 Å². The molecule has 0 radical (unpaired) electrons. The van der Waals surface area contributed by atoms with Crippen LogP contribution in [0.3, 0.4) is 0 Å². The molecular formula is C11H16Br2S. The first-order chi connectivity index (χ1) is 6.58. The number of alkyl halides is 1. The molecule has 1 aromatic rings. The van der Waals surface area contributed by atoms with Crippen LogP contribution in [-0.2, 0) is 6.42 Å². The monoisotopic (exact) mass is 338 g/mol. The summed E-state index contributed by atoms with van der Waals surface area (Å²) in [6.45, 7) is 4.55. The van der Waals surface area contributed by atoms with Crippen molar-refractivity contribution in [2.24, 2.45) is 5.92 Å². The van der Waals surface area contributed by atoms with Crippen LogP contribution in [0.2, 0.25) is 0 Å². The summed E-state index contributed by atoms with van der Waals surface area (Å²) >= 11 is 9.07. The van der Waals surface area contributed by atoms with Crippen molar-refractivity contribution in [3.8, 4) is 0 Å². The van der Waals surface area contributed by atoms with Crippen LogP contribution < -0.4 is 0 Å². The van der Waals surface area contributed by atoms with Gasteiger partial charge < -0.3 is 0 Å². The van der Waals surface area contributed by atoms with E-state index in [0.717, 1.165) is 5.92 Å². The molecule has 0 aliphatic rings. The molecule has 14 heavy (non-hydrogen) atoms. The third-order valence-electron chi connectivity index (χ3n) is 2.06. The highest BCUT2D eigenvalue weighted by molar-refractivity contribution is 9.11. The highest BCUT2D eigenvalue weighted by Crippen LogP contribution is 2.25. The van der Waals surface area contributed by atoms with Gasteiger partial charge in [0.15, 0.2) is 0 Å². The van der Waals surface area contributed by atoms with Gasteiger partial charge in [0.2, 0.25) is 0 Å². The van der Waals surface area contributed by atoms with Crippen LogP contribution in [0.1, 0.15) is 31.6 Å². The molecule has 1 aromatic heterocycles. The maximum absolute atomic E-state index is 3.74. The molecule has 0 aliphatic carbocycles. The van der Waals surface area contributed by atoms with Crippen LogP contribution in [0.5, 0.6) is 0 Å². The van der Waals surface area contributed by atoms with Crippen molar-refractivity contribution in [1.82, 2.24) is 0 Å². The predicted octanol–water partition coefficient (Wildman–Crippen LogP) is 5.25. The van der Waals surface area contributed by atoms with Gasteiger partial charge in [0.1, 0.15) is 0 Å². The van der Waals surface area contributed by atoms with Crippen molar-refractivity contribution in [3.05, 3.63) is 20.8 Å². The van der Waals surface area contributed by atoms with E-state index in [1.165, 1.54) is 27.9 Å². The van der Waals surface area contributed by atoms with Crippen LogP contribution in [-0.4, -0.2) is 4.83 Å². The molecule has 0 N–H and O–H groups in total. The van der Waals surface area contributed by atoms with Gasteiger partial charge in [-0.3, -0.25) is 0 Å². The molecule has 3 heteroatoms. The van der Waals surface area contributed by atoms with Gasteiger partial charge in [-0.05, 0) is 53.2 Å². The lowest BCUT2D eigenvalue weighted by molar-refractivity contribution is 0.555. The minimum absolute atomic E-state index is 0.670. The molecule has 1 atom stereocenters. The summed E-state index contributed by atoms with van der Waals surface area (Å²) in [6.07, 6.45) is 3.70. The predicted molar refractivity (Wildman–Crippen MR) is 72.5 cm³/mol. The molecule has 0 bridgehead atoms. The Hall–Kier alpha value is 0.660. The Labute approximate surface area is 107 Å². The number of thiophene rings is 1. The second-order valence-electron chi connectivity index (χ2n) is 3.97. The van der Waals surface area contributed by atoms with Crippen molar-refractivity contribution in [1.29, 1.82) is 0 Å². The summed E-state index contributed by atoms with van der Waals surface area (Å²) in [5.41, 5.74) is 0. The lowest BCUT2D eigenvalue weighted by Gasteiger charge is -2.11. The zero-order valence-electron chi connectivity index (χ0n) is 8.59. The van der Waals surface area contributed by atoms with Gasteiger partial charge in [0.05, 0.1) is 3.79 Å².